The van der Waals surface area contributed by atoms with Gasteiger partial charge in [-0.2, -0.15) is 5.10 Å². The normalized spacial score (nSPS) is 10.7. The van der Waals surface area contributed by atoms with Crippen molar-refractivity contribution in [3.8, 4) is 0 Å². The molecule has 0 aliphatic carbocycles. The summed E-state index contributed by atoms with van der Waals surface area (Å²) in [6, 6.07) is 7.46. The Bertz CT molecular complexity index is 560. The van der Waals surface area contributed by atoms with Crippen LogP contribution in [0.15, 0.2) is 30.5 Å². The van der Waals surface area contributed by atoms with E-state index in [0.29, 0.717) is 18.2 Å². The minimum absolute atomic E-state index is 0.132. The summed E-state index contributed by atoms with van der Waals surface area (Å²) in [5, 5.41) is 7.17. The van der Waals surface area contributed by atoms with Crippen molar-refractivity contribution < 1.29 is 4.79 Å². The fourth-order valence-corrected chi connectivity index (χ4v) is 1.75. The highest BCUT2D eigenvalue weighted by Gasteiger charge is 2.14. The van der Waals surface area contributed by atoms with Gasteiger partial charge in [-0.05, 0) is 24.1 Å². The van der Waals surface area contributed by atoms with Gasteiger partial charge in [-0.1, -0.05) is 19.9 Å². The maximum atomic E-state index is 12.1. The van der Waals surface area contributed by atoms with Gasteiger partial charge in [0.15, 0.2) is 0 Å². The maximum absolute atomic E-state index is 12.1. The predicted molar refractivity (Wildman–Crippen MR) is 72.7 cm³/mol. The highest BCUT2D eigenvalue weighted by Crippen LogP contribution is 2.13. The third-order valence-electron chi connectivity index (χ3n) is 2.88. The molecule has 19 heavy (non-hydrogen) atoms. The number of aryl methyl sites for hydroxylation is 1. The lowest BCUT2D eigenvalue weighted by molar-refractivity contribution is 0.0941. The maximum Gasteiger partial charge on any atom is 0.269 e. The number of carbonyl (C=O) groups excluding carboxylic acids is 1. The summed E-state index contributed by atoms with van der Waals surface area (Å²) in [5.41, 5.74) is 2.33. The molecule has 0 saturated heterocycles. The third-order valence-corrected chi connectivity index (χ3v) is 2.88. The first kappa shape index (κ1) is 13.3. The molecule has 0 atom stereocenters. The minimum atomic E-state index is -0.132. The van der Waals surface area contributed by atoms with Gasteiger partial charge in [-0.3, -0.25) is 14.5 Å². The molecule has 0 unspecified atom stereocenters. The van der Waals surface area contributed by atoms with Gasteiger partial charge in [0.2, 0.25) is 0 Å². The Labute approximate surface area is 112 Å². The van der Waals surface area contributed by atoms with Gasteiger partial charge in [0.05, 0.1) is 17.9 Å². The van der Waals surface area contributed by atoms with Crippen LogP contribution in [-0.2, 0) is 13.6 Å². The predicted octanol–water partition coefficient (Wildman–Crippen LogP) is 1.87. The van der Waals surface area contributed by atoms with Crippen molar-refractivity contribution in [3.63, 3.8) is 0 Å². The number of hydrogen-bond acceptors (Lipinski definition) is 3. The Morgan fingerprint density at radius 1 is 1.42 bits per heavy atom. The number of nitrogens with zero attached hydrogens (tertiary/aromatic N) is 3. The zero-order chi connectivity index (χ0) is 13.8. The summed E-state index contributed by atoms with van der Waals surface area (Å²) in [4.78, 5) is 16.2. The molecule has 0 saturated carbocycles. The van der Waals surface area contributed by atoms with Crippen molar-refractivity contribution >= 4 is 5.91 Å². The molecular formula is C14H18N4O. The van der Waals surface area contributed by atoms with Gasteiger partial charge in [-0.15, -0.1) is 0 Å². The molecule has 1 N–H and O–H groups in total. The molecular weight excluding hydrogens is 240 g/mol. The minimum Gasteiger partial charge on any atom is -0.345 e. The molecule has 2 aromatic rings. The van der Waals surface area contributed by atoms with Crippen molar-refractivity contribution in [1.29, 1.82) is 0 Å². The molecule has 0 fully saturated rings. The molecule has 0 bridgehead atoms. The Balaban J connectivity index is 2.04. The Kier molecular flexibility index (Phi) is 3.94. The molecule has 0 radical (unpaired) electrons. The lowest BCUT2D eigenvalue weighted by Gasteiger charge is -2.04. The Morgan fingerprint density at radius 3 is 2.79 bits per heavy atom. The van der Waals surface area contributed by atoms with Gasteiger partial charge in [0.25, 0.3) is 5.91 Å². The van der Waals surface area contributed by atoms with Gasteiger partial charge >= 0.3 is 0 Å². The van der Waals surface area contributed by atoms with Crippen LogP contribution in [0.3, 0.4) is 0 Å². The monoisotopic (exact) mass is 258 g/mol. The average Bonchev–Trinajstić information content (AvgIpc) is 2.80. The summed E-state index contributed by atoms with van der Waals surface area (Å²) < 4.78 is 1.61. The van der Waals surface area contributed by atoms with E-state index in [-0.39, 0.29) is 5.91 Å². The van der Waals surface area contributed by atoms with Crippen molar-refractivity contribution in [2.24, 2.45) is 7.05 Å². The van der Waals surface area contributed by atoms with Crippen LogP contribution in [0.2, 0.25) is 0 Å². The van der Waals surface area contributed by atoms with Crippen LogP contribution in [0.1, 0.15) is 41.6 Å². The van der Waals surface area contributed by atoms with Crippen LogP contribution in [-0.4, -0.2) is 20.7 Å². The lowest BCUT2D eigenvalue weighted by Crippen LogP contribution is -2.25. The van der Waals surface area contributed by atoms with E-state index in [2.05, 4.69) is 29.2 Å². The van der Waals surface area contributed by atoms with Crippen LogP contribution in [0.4, 0.5) is 0 Å². The van der Waals surface area contributed by atoms with E-state index in [1.54, 1.807) is 17.9 Å². The lowest BCUT2D eigenvalue weighted by atomic mass is 10.1. The highest BCUT2D eigenvalue weighted by molar-refractivity contribution is 5.92. The molecule has 5 nitrogen and oxygen atoms in total. The van der Waals surface area contributed by atoms with Gasteiger partial charge in [0.1, 0.15) is 5.69 Å². The number of aromatic nitrogens is 3. The second-order valence-corrected chi connectivity index (χ2v) is 4.74. The smallest absolute Gasteiger partial charge is 0.269 e. The molecule has 0 aliphatic rings. The third kappa shape index (κ3) is 3.19. The molecule has 2 aromatic heterocycles. The van der Waals surface area contributed by atoms with E-state index in [0.717, 1.165) is 11.4 Å². The van der Waals surface area contributed by atoms with Crippen molar-refractivity contribution in [3.05, 3.63) is 47.5 Å². The van der Waals surface area contributed by atoms with Crippen LogP contribution < -0.4 is 5.32 Å². The number of rotatable bonds is 4. The molecule has 0 spiro atoms. The van der Waals surface area contributed by atoms with Crippen molar-refractivity contribution in [2.45, 2.75) is 26.3 Å². The zero-order valence-corrected chi connectivity index (χ0v) is 11.4. The summed E-state index contributed by atoms with van der Waals surface area (Å²) in [6.07, 6.45) is 1.71. The number of pyridine rings is 1. The molecule has 2 heterocycles. The van der Waals surface area contributed by atoms with Gasteiger partial charge < -0.3 is 5.32 Å². The molecule has 0 aliphatic heterocycles. The molecule has 5 heteroatoms. The van der Waals surface area contributed by atoms with Crippen LogP contribution >= 0.6 is 0 Å². The van der Waals surface area contributed by atoms with Gasteiger partial charge in [-0.25, -0.2) is 0 Å². The summed E-state index contributed by atoms with van der Waals surface area (Å²) in [6.45, 7) is 4.53. The summed E-state index contributed by atoms with van der Waals surface area (Å²) in [5.74, 6) is 0.177. The zero-order valence-electron chi connectivity index (χ0n) is 11.4. The number of nitrogens with one attached hydrogen (secondary N) is 1. The Morgan fingerprint density at radius 2 is 2.21 bits per heavy atom. The Hall–Kier alpha value is -2.17. The van der Waals surface area contributed by atoms with Crippen molar-refractivity contribution in [1.82, 2.24) is 20.1 Å². The van der Waals surface area contributed by atoms with Gasteiger partial charge in [0, 0.05) is 13.2 Å². The molecule has 2 rings (SSSR count). The fourth-order valence-electron chi connectivity index (χ4n) is 1.75. The second-order valence-electron chi connectivity index (χ2n) is 4.74. The van der Waals surface area contributed by atoms with Crippen LogP contribution in [0, 0.1) is 0 Å². The first-order chi connectivity index (χ1) is 9.08. The quantitative estimate of drug-likeness (QED) is 0.910. The van der Waals surface area contributed by atoms with E-state index >= 15 is 0 Å². The standard InChI is InChI=1S/C14H18N4O/c1-10(2)12-8-13(18(3)17-12)14(19)16-9-11-6-4-5-7-15-11/h4-8,10H,9H2,1-3H3,(H,16,19). The van der Waals surface area contributed by atoms with E-state index in [1.807, 2.05) is 24.3 Å². The van der Waals surface area contributed by atoms with Crippen molar-refractivity contribution in [2.75, 3.05) is 0 Å². The van der Waals surface area contributed by atoms with E-state index in [4.69, 9.17) is 0 Å². The van der Waals surface area contributed by atoms with Crippen LogP contribution in [0.5, 0.6) is 0 Å². The van der Waals surface area contributed by atoms with E-state index in [9.17, 15) is 4.79 Å². The summed E-state index contributed by atoms with van der Waals surface area (Å²) >= 11 is 0. The average molecular weight is 258 g/mol. The highest BCUT2D eigenvalue weighted by atomic mass is 16.2. The SMILES string of the molecule is CC(C)c1cc(C(=O)NCc2ccccn2)n(C)n1. The largest absolute Gasteiger partial charge is 0.345 e. The number of hydrogen-bond donors (Lipinski definition) is 1. The first-order valence-electron chi connectivity index (χ1n) is 6.30. The topological polar surface area (TPSA) is 59.8 Å². The fraction of sp³-hybridized carbons (Fsp3) is 0.357. The second kappa shape index (κ2) is 5.65. The van der Waals surface area contributed by atoms with E-state index < -0.39 is 0 Å². The first-order valence-corrected chi connectivity index (χ1v) is 6.30. The van der Waals surface area contributed by atoms with Crippen LogP contribution in [0.25, 0.3) is 0 Å². The molecule has 0 aromatic carbocycles. The number of carbonyl (C=O) groups is 1. The summed E-state index contributed by atoms with van der Waals surface area (Å²) in [7, 11) is 1.78. The molecule has 100 valence electrons. The van der Waals surface area contributed by atoms with E-state index in [1.165, 1.54) is 0 Å². The number of amides is 1. The molecule has 1 amide bonds.